The van der Waals surface area contributed by atoms with Crippen LogP contribution >= 0.6 is 0 Å². The summed E-state index contributed by atoms with van der Waals surface area (Å²) in [6, 6.07) is 33.8. The topological polar surface area (TPSA) is 4.93 Å². The SMILES string of the molecule is Cc1cc(C)cc(-c2cc3c(c4ccccc24)c2ccc(C)cc2n3-c2cccc(C)c2)c1. The molecule has 0 bridgehead atoms. The van der Waals surface area contributed by atoms with Gasteiger partial charge in [-0.2, -0.15) is 0 Å². The summed E-state index contributed by atoms with van der Waals surface area (Å²) in [5, 5.41) is 5.25. The lowest BCUT2D eigenvalue weighted by Crippen LogP contribution is -1.95. The van der Waals surface area contributed by atoms with Crippen molar-refractivity contribution in [3.05, 3.63) is 113 Å². The Morgan fingerprint density at radius 3 is 1.97 bits per heavy atom. The Kier molecular flexibility index (Phi) is 4.41. The molecule has 5 aromatic carbocycles. The molecule has 0 aliphatic rings. The highest BCUT2D eigenvalue weighted by atomic mass is 15.0. The molecule has 0 spiro atoms. The third-order valence-electron chi connectivity index (χ3n) is 6.72. The van der Waals surface area contributed by atoms with Crippen molar-refractivity contribution in [2.45, 2.75) is 27.7 Å². The maximum absolute atomic E-state index is 2.45. The summed E-state index contributed by atoms with van der Waals surface area (Å²) in [6.45, 7) is 8.71. The number of hydrogen-bond donors (Lipinski definition) is 0. The van der Waals surface area contributed by atoms with Crippen LogP contribution in [0.1, 0.15) is 22.3 Å². The lowest BCUT2D eigenvalue weighted by Gasteiger charge is -2.13. The summed E-state index contributed by atoms with van der Waals surface area (Å²) in [7, 11) is 0. The van der Waals surface area contributed by atoms with Crippen molar-refractivity contribution in [2.75, 3.05) is 0 Å². The Morgan fingerprint density at radius 2 is 1.21 bits per heavy atom. The average Bonchev–Trinajstić information content (AvgIpc) is 3.11. The molecule has 0 aliphatic carbocycles. The first-order valence-electron chi connectivity index (χ1n) is 11.6. The lowest BCUT2D eigenvalue weighted by atomic mass is 9.93. The summed E-state index contributed by atoms with van der Waals surface area (Å²) in [4.78, 5) is 0. The van der Waals surface area contributed by atoms with Crippen LogP contribution in [-0.4, -0.2) is 4.57 Å². The molecule has 0 amide bonds. The van der Waals surface area contributed by atoms with E-state index in [2.05, 4.69) is 123 Å². The largest absolute Gasteiger partial charge is 0.309 e. The predicted molar refractivity (Wildman–Crippen MR) is 143 cm³/mol. The van der Waals surface area contributed by atoms with Gasteiger partial charge in [-0.25, -0.2) is 0 Å². The highest BCUT2D eigenvalue weighted by molar-refractivity contribution is 6.24. The highest BCUT2D eigenvalue weighted by Gasteiger charge is 2.18. The molecule has 0 aliphatic heterocycles. The quantitative estimate of drug-likeness (QED) is 0.261. The van der Waals surface area contributed by atoms with E-state index in [0.29, 0.717) is 0 Å². The van der Waals surface area contributed by atoms with E-state index in [1.54, 1.807) is 0 Å². The lowest BCUT2D eigenvalue weighted by molar-refractivity contribution is 1.17. The first kappa shape index (κ1) is 19.8. The first-order valence-corrected chi connectivity index (χ1v) is 11.6. The zero-order chi connectivity index (χ0) is 22.7. The van der Waals surface area contributed by atoms with Crippen LogP contribution in [0, 0.1) is 27.7 Å². The molecule has 0 saturated heterocycles. The van der Waals surface area contributed by atoms with E-state index in [9.17, 15) is 0 Å². The molecule has 33 heavy (non-hydrogen) atoms. The Balaban J connectivity index is 1.85. The molecule has 0 fully saturated rings. The van der Waals surface area contributed by atoms with Gasteiger partial charge in [0.1, 0.15) is 0 Å². The van der Waals surface area contributed by atoms with Crippen molar-refractivity contribution in [1.29, 1.82) is 0 Å². The molecular formula is C32H27N. The number of nitrogens with zero attached hydrogens (tertiary/aromatic N) is 1. The van der Waals surface area contributed by atoms with Gasteiger partial charge in [-0.15, -0.1) is 0 Å². The molecule has 6 aromatic rings. The molecule has 1 nitrogen and oxygen atoms in total. The fraction of sp³-hybridized carbons (Fsp3) is 0.125. The standard InChI is InChI=1S/C32H27N/c1-20-8-7-9-25(17-20)33-30-18-21(2)12-13-28(30)32-27-11-6-5-10-26(27)29(19-31(32)33)24-15-22(3)14-23(4)16-24/h5-19H,1-4H3. The van der Waals surface area contributed by atoms with E-state index < -0.39 is 0 Å². The second-order valence-corrected chi connectivity index (χ2v) is 9.44. The van der Waals surface area contributed by atoms with Crippen LogP contribution in [0.25, 0.3) is 49.4 Å². The Labute approximate surface area is 194 Å². The van der Waals surface area contributed by atoms with E-state index >= 15 is 0 Å². The van der Waals surface area contributed by atoms with Gasteiger partial charge in [0.25, 0.3) is 0 Å². The second kappa shape index (κ2) is 7.35. The van der Waals surface area contributed by atoms with E-state index in [1.165, 1.54) is 71.6 Å². The fourth-order valence-electron chi connectivity index (χ4n) is 5.40. The van der Waals surface area contributed by atoms with Gasteiger partial charge in [0.05, 0.1) is 11.0 Å². The molecule has 1 heteroatoms. The van der Waals surface area contributed by atoms with Crippen molar-refractivity contribution in [3.8, 4) is 16.8 Å². The molecule has 6 rings (SSSR count). The maximum atomic E-state index is 2.45. The summed E-state index contributed by atoms with van der Waals surface area (Å²) in [5.74, 6) is 0. The van der Waals surface area contributed by atoms with Crippen LogP contribution in [0.3, 0.4) is 0 Å². The number of benzene rings is 5. The van der Waals surface area contributed by atoms with Gasteiger partial charge in [0, 0.05) is 16.5 Å². The van der Waals surface area contributed by atoms with Crippen LogP contribution in [0.15, 0.2) is 91.0 Å². The number of hydrogen-bond acceptors (Lipinski definition) is 0. The third kappa shape index (κ3) is 3.15. The van der Waals surface area contributed by atoms with Gasteiger partial charge in [0.2, 0.25) is 0 Å². The number of rotatable bonds is 2. The van der Waals surface area contributed by atoms with Gasteiger partial charge in [-0.05, 0) is 85.0 Å². The normalized spacial score (nSPS) is 11.6. The number of aromatic nitrogens is 1. The highest BCUT2D eigenvalue weighted by Crippen LogP contribution is 2.41. The second-order valence-electron chi connectivity index (χ2n) is 9.44. The van der Waals surface area contributed by atoms with E-state index in [1.807, 2.05) is 0 Å². The van der Waals surface area contributed by atoms with Crippen LogP contribution in [0.2, 0.25) is 0 Å². The molecular weight excluding hydrogens is 398 g/mol. The van der Waals surface area contributed by atoms with Crippen LogP contribution in [0.4, 0.5) is 0 Å². The van der Waals surface area contributed by atoms with Crippen LogP contribution in [-0.2, 0) is 0 Å². The van der Waals surface area contributed by atoms with Gasteiger partial charge < -0.3 is 4.57 Å². The smallest absolute Gasteiger partial charge is 0.0553 e. The van der Waals surface area contributed by atoms with Gasteiger partial charge in [0.15, 0.2) is 0 Å². The molecule has 0 N–H and O–H groups in total. The third-order valence-corrected chi connectivity index (χ3v) is 6.72. The molecule has 0 atom stereocenters. The minimum Gasteiger partial charge on any atom is -0.309 e. The average molecular weight is 426 g/mol. The summed E-state index contributed by atoms with van der Waals surface area (Å²) >= 11 is 0. The van der Waals surface area contributed by atoms with Crippen molar-refractivity contribution in [3.63, 3.8) is 0 Å². The monoisotopic (exact) mass is 425 g/mol. The molecule has 0 radical (unpaired) electrons. The Hall–Kier alpha value is -3.84. The van der Waals surface area contributed by atoms with E-state index in [0.717, 1.165) is 0 Å². The summed E-state index contributed by atoms with van der Waals surface area (Å²) in [6.07, 6.45) is 0. The molecule has 1 aromatic heterocycles. The molecule has 160 valence electrons. The van der Waals surface area contributed by atoms with E-state index in [-0.39, 0.29) is 0 Å². The number of fused-ring (bicyclic) bond motifs is 5. The van der Waals surface area contributed by atoms with Gasteiger partial charge >= 0.3 is 0 Å². The predicted octanol–water partition coefficient (Wildman–Crippen LogP) is 8.84. The summed E-state index contributed by atoms with van der Waals surface area (Å²) in [5.41, 5.74) is 11.4. The zero-order valence-corrected chi connectivity index (χ0v) is 19.6. The molecule has 0 unspecified atom stereocenters. The van der Waals surface area contributed by atoms with Crippen LogP contribution in [0.5, 0.6) is 0 Å². The minimum absolute atomic E-state index is 1.21. The Bertz CT molecular complexity index is 1680. The maximum Gasteiger partial charge on any atom is 0.0553 e. The van der Waals surface area contributed by atoms with Crippen molar-refractivity contribution >= 4 is 32.6 Å². The van der Waals surface area contributed by atoms with Gasteiger partial charge in [-0.1, -0.05) is 77.9 Å². The molecule has 0 saturated carbocycles. The van der Waals surface area contributed by atoms with Crippen molar-refractivity contribution in [1.82, 2.24) is 4.57 Å². The number of aryl methyl sites for hydroxylation is 4. The minimum atomic E-state index is 1.21. The fourth-order valence-corrected chi connectivity index (χ4v) is 5.40. The van der Waals surface area contributed by atoms with Gasteiger partial charge in [-0.3, -0.25) is 0 Å². The van der Waals surface area contributed by atoms with Crippen LogP contribution < -0.4 is 0 Å². The van der Waals surface area contributed by atoms with Crippen molar-refractivity contribution in [2.24, 2.45) is 0 Å². The summed E-state index contributed by atoms with van der Waals surface area (Å²) < 4.78 is 2.45. The zero-order valence-electron chi connectivity index (χ0n) is 19.6. The Morgan fingerprint density at radius 1 is 0.485 bits per heavy atom. The molecule has 1 heterocycles. The van der Waals surface area contributed by atoms with E-state index in [4.69, 9.17) is 0 Å². The first-order chi connectivity index (χ1) is 16.0. The van der Waals surface area contributed by atoms with Crippen molar-refractivity contribution < 1.29 is 0 Å².